The van der Waals surface area contributed by atoms with Crippen LogP contribution in [0.5, 0.6) is 0 Å². The van der Waals surface area contributed by atoms with Crippen LogP contribution < -0.4 is 15.5 Å². The summed E-state index contributed by atoms with van der Waals surface area (Å²) in [4.78, 5) is 28.8. The van der Waals surface area contributed by atoms with Gasteiger partial charge in [-0.1, -0.05) is 0 Å². The minimum Gasteiger partial charge on any atom is -0.431 e. The van der Waals surface area contributed by atoms with E-state index in [1.54, 1.807) is 19.0 Å². The first kappa shape index (κ1) is 20.9. The van der Waals surface area contributed by atoms with Crippen molar-refractivity contribution in [3.63, 3.8) is 0 Å². The van der Waals surface area contributed by atoms with E-state index in [4.69, 9.17) is 9.15 Å². The number of ether oxygens (including phenoxy) is 1. The summed E-state index contributed by atoms with van der Waals surface area (Å²) in [6.07, 6.45) is -1.03. The maximum atomic E-state index is 12.0. The molecule has 0 saturated heterocycles. The van der Waals surface area contributed by atoms with Gasteiger partial charge >= 0.3 is 0 Å². The van der Waals surface area contributed by atoms with Crippen molar-refractivity contribution in [2.24, 2.45) is 0 Å². The fraction of sp³-hybridized carbons (Fsp3) is 0.667. The van der Waals surface area contributed by atoms with Crippen molar-refractivity contribution in [3.8, 4) is 0 Å². The van der Waals surface area contributed by atoms with Gasteiger partial charge in [0.05, 0.1) is 12.1 Å². The number of carbonyl (C=O) groups is 2. The van der Waals surface area contributed by atoms with Gasteiger partial charge in [-0.05, 0) is 6.42 Å². The number of anilines is 1. The largest absolute Gasteiger partial charge is 0.431 e. The molecule has 4 N–H and O–H groups in total. The number of aliphatic hydroxyl groups excluding tert-OH is 2. The first-order chi connectivity index (χ1) is 11.8. The number of oxazole rings is 1. The number of aliphatic hydroxyl groups is 2. The number of aromatic nitrogens is 1. The van der Waals surface area contributed by atoms with Crippen LogP contribution in [0.4, 0.5) is 6.01 Å². The summed E-state index contributed by atoms with van der Waals surface area (Å²) < 4.78 is 10.0. The van der Waals surface area contributed by atoms with Gasteiger partial charge in [-0.25, -0.2) is 0 Å². The minimum absolute atomic E-state index is 0.0585. The Morgan fingerprint density at radius 3 is 2.60 bits per heavy atom. The van der Waals surface area contributed by atoms with Crippen molar-refractivity contribution in [2.45, 2.75) is 31.6 Å². The number of amides is 2. The zero-order valence-electron chi connectivity index (χ0n) is 14.9. The summed E-state index contributed by atoms with van der Waals surface area (Å²) in [5.41, 5.74) is 0.0585. The standard InChI is InChI=1S/C15H26N4O6/c1-9(20)17-10(5-6-24-4)13(22)12(21)7-16-14(23)11-8-25-15(18-11)19(2)3/h8,10,12-13,21-22H,5-7H2,1-4H3,(H,16,23)(H,17,20). The zero-order valence-corrected chi connectivity index (χ0v) is 14.9. The van der Waals surface area contributed by atoms with Gasteiger partial charge in [0.25, 0.3) is 11.9 Å². The fourth-order valence-corrected chi connectivity index (χ4v) is 2.08. The highest BCUT2D eigenvalue weighted by Crippen LogP contribution is 2.10. The molecule has 1 rings (SSSR count). The molecule has 25 heavy (non-hydrogen) atoms. The van der Waals surface area contributed by atoms with Gasteiger partial charge in [0.1, 0.15) is 12.4 Å². The van der Waals surface area contributed by atoms with Crippen LogP contribution in [-0.4, -0.2) is 79.6 Å². The quantitative estimate of drug-likeness (QED) is 0.406. The summed E-state index contributed by atoms with van der Waals surface area (Å²) in [6, 6.07) is -0.423. The van der Waals surface area contributed by atoms with Crippen molar-refractivity contribution >= 4 is 17.8 Å². The fourth-order valence-electron chi connectivity index (χ4n) is 2.08. The zero-order chi connectivity index (χ0) is 19.0. The molecule has 10 heteroatoms. The van der Waals surface area contributed by atoms with Crippen molar-refractivity contribution in [1.82, 2.24) is 15.6 Å². The normalized spacial score (nSPS) is 14.5. The smallest absolute Gasteiger partial charge is 0.297 e. The number of carbonyl (C=O) groups excluding carboxylic acids is 2. The van der Waals surface area contributed by atoms with Crippen LogP contribution in [0.3, 0.4) is 0 Å². The molecule has 0 radical (unpaired) electrons. The van der Waals surface area contributed by atoms with Crippen LogP contribution in [0.1, 0.15) is 23.8 Å². The SMILES string of the molecule is COCCC(NC(C)=O)C(O)C(O)CNC(=O)c1coc(N(C)C)n1. The highest BCUT2D eigenvalue weighted by molar-refractivity contribution is 5.92. The molecule has 0 saturated carbocycles. The average molecular weight is 358 g/mol. The highest BCUT2D eigenvalue weighted by Gasteiger charge is 2.27. The Bertz CT molecular complexity index is 562. The molecule has 2 amide bonds. The lowest BCUT2D eigenvalue weighted by Gasteiger charge is -2.27. The van der Waals surface area contributed by atoms with Gasteiger partial charge in [-0.3, -0.25) is 9.59 Å². The van der Waals surface area contributed by atoms with Crippen LogP contribution in [0.25, 0.3) is 0 Å². The number of hydrogen-bond acceptors (Lipinski definition) is 8. The molecule has 0 fully saturated rings. The Balaban J connectivity index is 2.58. The van der Waals surface area contributed by atoms with E-state index < -0.39 is 24.2 Å². The van der Waals surface area contributed by atoms with E-state index in [0.717, 1.165) is 0 Å². The first-order valence-corrected chi connectivity index (χ1v) is 7.79. The molecule has 0 aromatic carbocycles. The third kappa shape index (κ3) is 6.69. The molecule has 0 aliphatic heterocycles. The van der Waals surface area contributed by atoms with E-state index in [1.165, 1.54) is 20.3 Å². The van der Waals surface area contributed by atoms with Crippen LogP contribution >= 0.6 is 0 Å². The van der Waals surface area contributed by atoms with Gasteiger partial charge in [0.2, 0.25) is 5.91 Å². The maximum Gasteiger partial charge on any atom is 0.297 e. The summed E-state index contributed by atoms with van der Waals surface area (Å²) >= 11 is 0. The molecular weight excluding hydrogens is 332 g/mol. The molecule has 1 heterocycles. The summed E-state index contributed by atoms with van der Waals surface area (Å²) in [6.45, 7) is 1.40. The summed E-state index contributed by atoms with van der Waals surface area (Å²) in [7, 11) is 4.93. The van der Waals surface area contributed by atoms with Gasteiger partial charge < -0.3 is 34.9 Å². The highest BCUT2D eigenvalue weighted by atomic mass is 16.5. The second kappa shape index (κ2) is 9.97. The molecule has 0 aliphatic carbocycles. The Morgan fingerprint density at radius 1 is 1.40 bits per heavy atom. The van der Waals surface area contributed by atoms with Crippen molar-refractivity contribution < 1.29 is 29.0 Å². The van der Waals surface area contributed by atoms with Crippen LogP contribution in [-0.2, 0) is 9.53 Å². The lowest BCUT2D eigenvalue weighted by Crippen LogP contribution is -2.51. The van der Waals surface area contributed by atoms with Crippen LogP contribution in [0.2, 0.25) is 0 Å². The maximum absolute atomic E-state index is 12.0. The van der Waals surface area contributed by atoms with Gasteiger partial charge in [0, 0.05) is 41.3 Å². The molecule has 10 nitrogen and oxygen atoms in total. The molecule has 1 aromatic rings. The van der Waals surface area contributed by atoms with E-state index in [2.05, 4.69) is 15.6 Å². The van der Waals surface area contributed by atoms with Crippen LogP contribution in [0, 0.1) is 0 Å². The Labute approximate surface area is 146 Å². The molecule has 142 valence electrons. The summed E-state index contributed by atoms with van der Waals surface area (Å²) in [5, 5.41) is 25.3. The van der Waals surface area contributed by atoms with E-state index >= 15 is 0 Å². The van der Waals surface area contributed by atoms with Gasteiger partial charge in [-0.15, -0.1) is 0 Å². The second-order valence-electron chi connectivity index (χ2n) is 5.77. The number of hydrogen-bond donors (Lipinski definition) is 4. The predicted molar refractivity (Wildman–Crippen MR) is 89.3 cm³/mol. The van der Waals surface area contributed by atoms with E-state index in [1.807, 2.05) is 0 Å². The third-order valence-electron chi connectivity index (χ3n) is 3.41. The average Bonchev–Trinajstić information content (AvgIpc) is 3.05. The lowest BCUT2D eigenvalue weighted by molar-refractivity contribution is -0.121. The predicted octanol–water partition coefficient (Wildman–Crippen LogP) is -1.27. The molecule has 3 atom stereocenters. The van der Waals surface area contributed by atoms with E-state index in [0.29, 0.717) is 13.0 Å². The van der Waals surface area contributed by atoms with E-state index in [9.17, 15) is 19.8 Å². The second-order valence-corrected chi connectivity index (χ2v) is 5.77. The van der Waals surface area contributed by atoms with Gasteiger partial charge in [-0.2, -0.15) is 4.98 Å². The van der Waals surface area contributed by atoms with Crippen molar-refractivity contribution in [1.29, 1.82) is 0 Å². The third-order valence-corrected chi connectivity index (χ3v) is 3.41. The number of nitrogens with one attached hydrogen (secondary N) is 2. The minimum atomic E-state index is -1.28. The Morgan fingerprint density at radius 2 is 2.08 bits per heavy atom. The van der Waals surface area contributed by atoms with Crippen molar-refractivity contribution in [3.05, 3.63) is 12.0 Å². The topological polar surface area (TPSA) is 137 Å². The molecule has 0 spiro atoms. The van der Waals surface area contributed by atoms with Gasteiger partial charge in [0.15, 0.2) is 5.69 Å². The monoisotopic (exact) mass is 358 g/mol. The Kier molecular flexibility index (Phi) is 8.32. The van der Waals surface area contributed by atoms with E-state index in [-0.39, 0.29) is 24.2 Å². The molecule has 1 aromatic heterocycles. The molecular formula is C15H26N4O6. The number of nitrogens with zero attached hydrogens (tertiary/aromatic N) is 2. The number of methoxy groups -OCH3 is 1. The number of rotatable bonds is 10. The summed E-state index contributed by atoms with van der Waals surface area (Å²) in [5.74, 6) is -0.883. The first-order valence-electron chi connectivity index (χ1n) is 7.79. The molecule has 3 unspecified atom stereocenters. The van der Waals surface area contributed by atoms with Crippen molar-refractivity contribution in [2.75, 3.05) is 39.3 Å². The van der Waals surface area contributed by atoms with Crippen LogP contribution in [0.15, 0.2) is 10.7 Å². The lowest BCUT2D eigenvalue weighted by atomic mass is 10.0. The molecule has 0 bridgehead atoms. The Hall–Kier alpha value is -2.17. The molecule has 0 aliphatic rings.